The van der Waals surface area contributed by atoms with Crippen LogP contribution in [0.1, 0.15) is 12.0 Å². The smallest absolute Gasteiger partial charge is 0.176 e. The van der Waals surface area contributed by atoms with E-state index >= 15 is 0 Å². The van der Waals surface area contributed by atoms with Crippen LogP contribution >= 0.6 is 0 Å². The first-order chi connectivity index (χ1) is 6.95. The first-order valence-electron chi connectivity index (χ1n) is 4.88. The highest BCUT2D eigenvalue weighted by molar-refractivity contribution is 5.14. The van der Waals surface area contributed by atoms with Gasteiger partial charge < -0.3 is 4.57 Å². The summed E-state index contributed by atoms with van der Waals surface area (Å²) in [6, 6.07) is 10.5. The normalized spacial score (nSPS) is 10.3. The van der Waals surface area contributed by atoms with Gasteiger partial charge in [-0.2, -0.15) is 0 Å². The third-order valence-corrected chi connectivity index (χ3v) is 2.21. The second-order valence-corrected chi connectivity index (χ2v) is 3.31. The van der Waals surface area contributed by atoms with Gasteiger partial charge in [-0.05, 0) is 18.4 Å². The number of hydrogen-bond donors (Lipinski definition) is 0. The summed E-state index contributed by atoms with van der Waals surface area (Å²) in [5.41, 5.74) is 1.40. The van der Waals surface area contributed by atoms with Gasteiger partial charge in [-0.25, -0.2) is 4.98 Å². The summed E-state index contributed by atoms with van der Waals surface area (Å²) in [5, 5.41) is 0. The van der Waals surface area contributed by atoms with E-state index in [9.17, 15) is 0 Å². The Balaban J connectivity index is 1.79. The lowest BCUT2D eigenvalue weighted by Gasteiger charge is -2.01. The zero-order valence-electron chi connectivity index (χ0n) is 8.06. The number of hydrogen-bond acceptors (Lipinski definition) is 1. The van der Waals surface area contributed by atoms with Crippen LogP contribution < -0.4 is 0 Å². The number of rotatable bonds is 4. The van der Waals surface area contributed by atoms with Gasteiger partial charge in [-0.3, -0.25) is 0 Å². The van der Waals surface area contributed by atoms with Crippen LogP contribution in [0.25, 0.3) is 0 Å². The van der Waals surface area contributed by atoms with Gasteiger partial charge in [0.05, 0.1) is 0 Å². The molecular weight excluding hydrogens is 172 g/mol. The third kappa shape index (κ3) is 2.46. The molecule has 0 spiro atoms. The second kappa shape index (κ2) is 4.61. The molecule has 1 radical (unpaired) electrons. The molecule has 1 aromatic carbocycles. The van der Waals surface area contributed by atoms with Crippen molar-refractivity contribution in [3.05, 3.63) is 54.6 Å². The largest absolute Gasteiger partial charge is 0.328 e. The average Bonchev–Trinajstić information content (AvgIpc) is 2.72. The van der Waals surface area contributed by atoms with E-state index in [1.54, 1.807) is 6.20 Å². The minimum Gasteiger partial charge on any atom is -0.328 e. The minimum atomic E-state index is 0.995. The van der Waals surface area contributed by atoms with Gasteiger partial charge in [0.15, 0.2) is 6.33 Å². The lowest BCUT2D eigenvalue weighted by atomic mass is 10.1. The topological polar surface area (TPSA) is 17.8 Å². The van der Waals surface area contributed by atoms with Crippen molar-refractivity contribution in [2.24, 2.45) is 0 Å². The first kappa shape index (κ1) is 9.00. The van der Waals surface area contributed by atoms with Crippen molar-refractivity contribution in [3.63, 3.8) is 0 Å². The van der Waals surface area contributed by atoms with Gasteiger partial charge in [0.2, 0.25) is 0 Å². The molecule has 14 heavy (non-hydrogen) atoms. The van der Waals surface area contributed by atoms with Crippen molar-refractivity contribution in [1.29, 1.82) is 0 Å². The summed E-state index contributed by atoms with van der Waals surface area (Å²) in [6.07, 6.45) is 8.86. The highest BCUT2D eigenvalue weighted by Crippen LogP contribution is 2.03. The quantitative estimate of drug-likeness (QED) is 0.714. The molecule has 0 fully saturated rings. The van der Waals surface area contributed by atoms with E-state index < -0.39 is 0 Å². The van der Waals surface area contributed by atoms with Gasteiger partial charge in [0.1, 0.15) is 0 Å². The minimum absolute atomic E-state index is 0.995. The zero-order chi connectivity index (χ0) is 9.64. The van der Waals surface area contributed by atoms with Gasteiger partial charge >= 0.3 is 0 Å². The summed E-state index contributed by atoms with van der Waals surface area (Å²) < 4.78 is 1.99. The van der Waals surface area contributed by atoms with Crippen molar-refractivity contribution >= 4 is 0 Å². The van der Waals surface area contributed by atoms with Crippen LogP contribution in [0.15, 0.2) is 42.7 Å². The second-order valence-electron chi connectivity index (χ2n) is 3.31. The van der Waals surface area contributed by atoms with E-state index in [4.69, 9.17) is 0 Å². The van der Waals surface area contributed by atoms with Crippen molar-refractivity contribution in [2.75, 3.05) is 0 Å². The van der Waals surface area contributed by atoms with Crippen LogP contribution in [-0.2, 0) is 13.0 Å². The lowest BCUT2D eigenvalue weighted by molar-refractivity contribution is 0.638. The molecule has 0 atom stereocenters. The number of aromatic nitrogens is 2. The third-order valence-electron chi connectivity index (χ3n) is 2.21. The Labute approximate surface area is 84.2 Å². The molecular formula is C12H13N2. The summed E-state index contributed by atoms with van der Waals surface area (Å²) in [4.78, 5) is 3.89. The molecule has 1 heterocycles. The van der Waals surface area contributed by atoms with Gasteiger partial charge in [0.25, 0.3) is 0 Å². The Morgan fingerprint density at radius 1 is 1.21 bits per heavy atom. The average molecular weight is 185 g/mol. The summed E-state index contributed by atoms with van der Waals surface area (Å²) in [6.45, 7) is 0.995. The maximum Gasteiger partial charge on any atom is 0.176 e. The molecule has 2 heteroatoms. The molecule has 71 valence electrons. The van der Waals surface area contributed by atoms with Gasteiger partial charge in [-0.1, -0.05) is 30.3 Å². The highest BCUT2D eigenvalue weighted by Gasteiger charge is 1.93. The molecule has 0 aliphatic heterocycles. The van der Waals surface area contributed by atoms with Crippen molar-refractivity contribution in [1.82, 2.24) is 9.55 Å². The van der Waals surface area contributed by atoms with Gasteiger partial charge in [-0.15, -0.1) is 0 Å². The first-order valence-corrected chi connectivity index (χ1v) is 4.88. The number of aryl methyl sites for hydroxylation is 2. The molecule has 2 nitrogen and oxygen atoms in total. The van der Waals surface area contributed by atoms with E-state index in [0.29, 0.717) is 0 Å². The molecule has 0 saturated heterocycles. The van der Waals surface area contributed by atoms with Crippen LogP contribution in [0.3, 0.4) is 0 Å². The predicted molar refractivity (Wildman–Crippen MR) is 55.8 cm³/mol. The van der Waals surface area contributed by atoms with E-state index in [2.05, 4.69) is 35.6 Å². The summed E-state index contributed by atoms with van der Waals surface area (Å²) in [5.74, 6) is 0. The number of nitrogens with zero attached hydrogens (tertiary/aromatic N) is 2. The van der Waals surface area contributed by atoms with Crippen molar-refractivity contribution in [2.45, 2.75) is 19.4 Å². The monoisotopic (exact) mass is 185 g/mol. The Kier molecular flexibility index (Phi) is 2.96. The van der Waals surface area contributed by atoms with Crippen LogP contribution in [0.5, 0.6) is 0 Å². The molecule has 1 aromatic heterocycles. The summed E-state index contributed by atoms with van der Waals surface area (Å²) in [7, 11) is 0. The lowest BCUT2D eigenvalue weighted by Crippen LogP contribution is -1.96. The fourth-order valence-corrected chi connectivity index (χ4v) is 1.48. The van der Waals surface area contributed by atoms with Crippen molar-refractivity contribution in [3.8, 4) is 0 Å². The predicted octanol–water partition coefficient (Wildman–Crippen LogP) is 2.32. The Morgan fingerprint density at radius 2 is 2.07 bits per heavy atom. The molecule has 0 aliphatic rings. The van der Waals surface area contributed by atoms with Crippen molar-refractivity contribution < 1.29 is 0 Å². The molecule has 0 saturated carbocycles. The molecule has 0 aliphatic carbocycles. The highest BCUT2D eigenvalue weighted by atomic mass is 15.0. The fraction of sp³-hybridized carbons (Fsp3) is 0.250. The zero-order valence-corrected chi connectivity index (χ0v) is 8.06. The van der Waals surface area contributed by atoms with E-state index in [1.807, 2.05) is 16.8 Å². The Morgan fingerprint density at radius 3 is 2.79 bits per heavy atom. The van der Waals surface area contributed by atoms with Crippen LogP contribution in [0.2, 0.25) is 0 Å². The van der Waals surface area contributed by atoms with E-state index in [1.165, 1.54) is 5.56 Å². The van der Waals surface area contributed by atoms with Crippen LogP contribution in [0.4, 0.5) is 0 Å². The molecule has 0 unspecified atom stereocenters. The standard InChI is InChI=1S/C12H13N2/c1-2-5-12(6-3-1)7-4-9-14-10-8-13-11-14/h1-3,5-6,8,10H,4,7,9H2. The maximum atomic E-state index is 3.89. The number of benzene rings is 1. The molecule has 0 bridgehead atoms. The maximum absolute atomic E-state index is 3.89. The molecule has 0 amide bonds. The Bertz CT molecular complexity index is 351. The number of imidazole rings is 1. The Hall–Kier alpha value is -1.57. The molecule has 2 rings (SSSR count). The fourth-order valence-electron chi connectivity index (χ4n) is 1.48. The summed E-state index contributed by atoms with van der Waals surface area (Å²) >= 11 is 0. The van der Waals surface area contributed by atoms with Crippen LogP contribution in [0, 0.1) is 6.33 Å². The molecule has 2 aromatic rings. The van der Waals surface area contributed by atoms with E-state index in [0.717, 1.165) is 19.4 Å². The van der Waals surface area contributed by atoms with Crippen LogP contribution in [-0.4, -0.2) is 9.55 Å². The van der Waals surface area contributed by atoms with Gasteiger partial charge in [0, 0.05) is 18.9 Å². The SMILES string of the molecule is [c]1nccn1CCCc1ccccc1. The van der Waals surface area contributed by atoms with E-state index in [-0.39, 0.29) is 0 Å². The molecule has 0 N–H and O–H groups in total.